The summed E-state index contributed by atoms with van der Waals surface area (Å²) < 4.78 is 4.44. The highest BCUT2D eigenvalue weighted by Crippen LogP contribution is 2.38. The van der Waals surface area contributed by atoms with Gasteiger partial charge in [-0.05, 0) is 77.7 Å². The smallest absolute Gasteiger partial charge is 0.146 e. The average Bonchev–Trinajstić information content (AvgIpc) is 3.89. The van der Waals surface area contributed by atoms with Gasteiger partial charge in [0.2, 0.25) is 0 Å². The van der Waals surface area contributed by atoms with Crippen molar-refractivity contribution in [2.75, 3.05) is 0 Å². The molecule has 0 aliphatic carbocycles. The predicted molar refractivity (Wildman–Crippen MR) is 207 cm³/mol. The average molecular weight is 684 g/mol. The zero-order valence-corrected chi connectivity index (χ0v) is 29.0. The van der Waals surface area contributed by atoms with Crippen LogP contribution in [0.15, 0.2) is 115 Å². The Kier molecular flexibility index (Phi) is 6.98. The molecule has 0 atom stereocenters. The Morgan fingerprint density at radius 2 is 1.28 bits per heavy atom. The Bertz CT molecular complexity index is 3060. The maximum atomic E-state index is 9.88. The van der Waals surface area contributed by atoms with Crippen LogP contribution in [-0.2, 0) is 5.41 Å². The number of para-hydroxylation sites is 2. The highest BCUT2D eigenvalue weighted by molar-refractivity contribution is 6.11. The van der Waals surface area contributed by atoms with Gasteiger partial charge in [-0.3, -0.25) is 14.2 Å². The molecule has 5 aromatic heterocycles. The summed E-state index contributed by atoms with van der Waals surface area (Å²) >= 11 is 0. The number of fused-ring (bicyclic) bond motifs is 6. The predicted octanol–water partition coefficient (Wildman–Crippen LogP) is 9.64. The summed E-state index contributed by atoms with van der Waals surface area (Å²) in [5, 5.41) is 41.1. The molecule has 0 spiro atoms. The molecule has 0 fully saturated rings. The third-order valence-electron chi connectivity index (χ3n) is 9.90. The van der Waals surface area contributed by atoms with Gasteiger partial charge in [0.05, 0.1) is 68.5 Å². The number of benzene rings is 4. The van der Waals surface area contributed by atoms with Crippen LogP contribution in [0.25, 0.3) is 77.9 Å². The number of H-pyrrole nitrogens is 1. The second-order valence-corrected chi connectivity index (χ2v) is 14.1. The molecule has 9 nitrogen and oxygen atoms in total. The van der Waals surface area contributed by atoms with Crippen LogP contribution in [0, 0.1) is 34.0 Å². The molecule has 0 amide bonds. The van der Waals surface area contributed by atoms with Gasteiger partial charge in [0.1, 0.15) is 11.5 Å². The first-order chi connectivity index (χ1) is 25.8. The normalized spacial score (nSPS) is 11.6. The Balaban J connectivity index is 1.25. The lowest BCUT2D eigenvalue weighted by Gasteiger charge is -2.20. The van der Waals surface area contributed by atoms with Crippen molar-refractivity contribution in [1.29, 1.82) is 15.8 Å². The third kappa shape index (κ3) is 4.93. The second-order valence-electron chi connectivity index (χ2n) is 14.1. The van der Waals surface area contributed by atoms with E-state index in [2.05, 4.69) is 125 Å². The van der Waals surface area contributed by atoms with Crippen molar-refractivity contribution in [3.05, 3.63) is 138 Å². The van der Waals surface area contributed by atoms with Gasteiger partial charge in [-0.15, -0.1) is 0 Å². The molecule has 0 aliphatic heterocycles. The second kappa shape index (κ2) is 11.8. The number of aromatic nitrogens is 6. The molecule has 0 unspecified atom stereocenters. The van der Waals surface area contributed by atoms with E-state index in [1.165, 1.54) is 17.7 Å². The van der Waals surface area contributed by atoms with Crippen molar-refractivity contribution < 1.29 is 0 Å². The van der Waals surface area contributed by atoms with Gasteiger partial charge >= 0.3 is 0 Å². The Morgan fingerprint density at radius 3 is 1.98 bits per heavy atom. The number of aromatic amines is 1. The van der Waals surface area contributed by atoms with Gasteiger partial charge in [0.25, 0.3) is 0 Å². The van der Waals surface area contributed by atoms with Crippen molar-refractivity contribution >= 4 is 43.7 Å². The van der Waals surface area contributed by atoms with Crippen molar-refractivity contribution in [1.82, 2.24) is 29.3 Å². The van der Waals surface area contributed by atoms with Crippen LogP contribution < -0.4 is 0 Å². The van der Waals surface area contributed by atoms with Gasteiger partial charge < -0.3 is 0 Å². The van der Waals surface area contributed by atoms with Crippen LogP contribution >= 0.6 is 0 Å². The molecule has 5 heterocycles. The first-order valence-electron chi connectivity index (χ1n) is 17.1. The lowest BCUT2D eigenvalue weighted by atomic mass is 9.88. The summed E-state index contributed by atoms with van der Waals surface area (Å²) in [4.78, 5) is 10.1. The molecule has 9 aromatic rings. The van der Waals surface area contributed by atoms with Crippen LogP contribution in [0.2, 0.25) is 0 Å². The topological polar surface area (TPSA) is 136 Å². The van der Waals surface area contributed by atoms with Gasteiger partial charge in [-0.1, -0.05) is 63.2 Å². The molecule has 53 heavy (non-hydrogen) atoms. The van der Waals surface area contributed by atoms with E-state index >= 15 is 0 Å². The number of pyridine rings is 2. The SMILES string of the molecule is CC(C)(C)c1ccnc(-n2c3ccccc3c3ccc(-n4c5ccccc5c5ccc(-c6cc(-c7c(C#N)cc(C#N)cc7C#N)n[nH]6)nc54)cc32)c1. The van der Waals surface area contributed by atoms with Gasteiger partial charge in [0, 0.05) is 39.0 Å². The fourth-order valence-corrected chi connectivity index (χ4v) is 7.34. The number of nitriles is 3. The molecule has 0 saturated heterocycles. The lowest BCUT2D eigenvalue weighted by molar-refractivity contribution is 0.588. The van der Waals surface area contributed by atoms with Gasteiger partial charge in [-0.2, -0.15) is 20.9 Å². The first kappa shape index (κ1) is 31.4. The van der Waals surface area contributed by atoms with E-state index in [4.69, 9.17) is 9.97 Å². The molecule has 0 saturated carbocycles. The van der Waals surface area contributed by atoms with Crippen molar-refractivity contribution in [2.24, 2.45) is 0 Å². The molecule has 0 bridgehead atoms. The minimum absolute atomic E-state index is 0.0403. The number of nitrogens with zero attached hydrogens (tertiary/aromatic N) is 8. The highest BCUT2D eigenvalue weighted by Gasteiger charge is 2.21. The summed E-state index contributed by atoms with van der Waals surface area (Å²) in [6, 6.07) is 42.5. The molecule has 9 rings (SSSR count). The maximum absolute atomic E-state index is 9.88. The van der Waals surface area contributed by atoms with Crippen LogP contribution in [0.1, 0.15) is 43.0 Å². The van der Waals surface area contributed by atoms with Crippen LogP contribution in [-0.4, -0.2) is 29.3 Å². The zero-order valence-electron chi connectivity index (χ0n) is 29.0. The lowest BCUT2D eigenvalue weighted by Crippen LogP contribution is -2.12. The zero-order chi connectivity index (χ0) is 36.4. The third-order valence-corrected chi connectivity index (χ3v) is 9.90. The molecule has 0 radical (unpaired) electrons. The molecular formula is C44H29N9. The van der Waals surface area contributed by atoms with E-state index in [9.17, 15) is 15.8 Å². The number of nitrogens with one attached hydrogen (secondary N) is 1. The number of hydrogen-bond acceptors (Lipinski definition) is 6. The largest absolute Gasteiger partial charge is 0.294 e. The minimum Gasteiger partial charge on any atom is -0.294 e. The fraction of sp³-hybridized carbons (Fsp3) is 0.0909. The summed E-state index contributed by atoms with van der Waals surface area (Å²) in [5.74, 6) is 0.861. The fourth-order valence-electron chi connectivity index (χ4n) is 7.34. The van der Waals surface area contributed by atoms with Gasteiger partial charge in [0.15, 0.2) is 0 Å². The molecule has 9 heteroatoms. The Hall–Kier alpha value is -7.54. The van der Waals surface area contributed by atoms with Crippen molar-refractivity contribution in [2.45, 2.75) is 26.2 Å². The van der Waals surface area contributed by atoms with Crippen LogP contribution in [0.3, 0.4) is 0 Å². The van der Waals surface area contributed by atoms with E-state index in [0.29, 0.717) is 22.6 Å². The summed E-state index contributed by atoms with van der Waals surface area (Å²) in [5.41, 5.74) is 8.72. The molecule has 0 aliphatic rings. The maximum Gasteiger partial charge on any atom is 0.146 e. The molecular weight excluding hydrogens is 655 g/mol. The highest BCUT2D eigenvalue weighted by atomic mass is 15.1. The number of hydrogen-bond donors (Lipinski definition) is 1. The summed E-state index contributed by atoms with van der Waals surface area (Å²) in [7, 11) is 0. The number of rotatable bonds is 4. The van der Waals surface area contributed by atoms with Crippen molar-refractivity contribution in [3.8, 4) is 52.4 Å². The minimum atomic E-state index is -0.0403. The first-order valence-corrected chi connectivity index (χ1v) is 17.1. The van der Waals surface area contributed by atoms with Gasteiger partial charge in [-0.25, -0.2) is 9.97 Å². The van der Waals surface area contributed by atoms with E-state index in [1.54, 1.807) is 6.07 Å². The van der Waals surface area contributed by atoms with Crippen molar-refractivity contribution in [3.63, 3.8) is 0 Å². The molecule has 1 N–H and O–H groups in total. The van der Waals surface area contributed by atoms with E-state index in [0.717, 1.165) is 55.2 Å². The summed E-state index contributed by atoms with van der Waals surface area (Å²) in [6.45, 7) is 6.64. The standard InChI is InChI=1S/C44H29N9/c1-44(2,3)29-16-17-48-41(20-29)53-39-11-7-4-8-31(39)33-13-12-30(21-40(33)53)52-38-10-6-5-9-32(38)34-14-15-35(49-43(34)52)36-22-37(51-50-36)42-27(24-46)18-26(23-45)19-28(42)25-47/h4-22H,1-3H3,(H,50,51). The van der Waals surface area contributed by atoms with Crippen LogP contribution in [0.5, 0.6) is 0 Å². The van der Waals surface area contributed by atoms with Crippen LogP contribution in [0.4, 0.5) is 0 Å². The van der Waals surface area contributed by atoms with E-state index in [-0.39, 0.29) is 22.1 Å². The molecule has 250 valence electrons. The Morgan fingerprint density at radius 1 is 0.623 bits per heavy atom. The quantitative estimate of drug-likeness (QED) is 0.196. The monoisotopic (exact) mass is 683 g/mol. The Labute approximate surface area is 304 Å². The van der Waals surface area contributed by atoms with E-state index < -0.39 is 0 Å². The molecule has 4 aromatic carbocycles. The summed E-state index contributed by atoms with van der Waals surface area (Å²) in [6.07, 6.45) is 1.89. The van der Waals surface area contributed by atoms with E-state index in [1.807, 2.05) is 30.5 Å².